The summed E-state index contributed by atoms with van der Waals surface area (Å²) in [6.07, 6.45) is 3.83. The van der Waals surface area contributed by atoms with Gasteiger partial charge < -0.3 is 15.5 Å². The lowest BCUT2D eigenvalue weighted by molar-refractivity contribution is -0.116. The molecule has 1 fully saturated rings. The highest BCUT2D eigenvalue weighted by atomic mass is 16.1. The number of nitrogens with zero attached hydrogens (tertiary/aromatic N) is 2. The fourth-order valence-electron chi connectivity index (χ4n) is 4.09. The quantitative estimate of drug-likeness (QED) is 0.853. The van der Waals surface area contributed by atoms with Gasteiger partial charge in [0.05, 0.1) is 0 Å². The predicted molar refractivity (Wildman–Crippen MR) is 110 cm³/mol. The molecule has 0 amide bonds. The van der Waals surface area contributed by atoms with Gasteiger partial charge in [-0.25, -0.2) is 4.98 Å². The number of nitrogens with one attached hydrogen (secondary N) is 2. The van der Waals surface area contributed by atoms with E-state index in [9.17, 15) is 4.79 Å². The second kappa shape index (κ2) is 7.69. The maximum Gasteiger partial charge on any atom is 0.134 e. The Morgan fingerprint density at radius 1 is 1.30 bits per heavy atom. The van der Waals surface area contributed by atoms with Crippen molar-refractivity contribution in [1.29, 1.82) is 0 Å². The minimum atomic E-state index is 0.192. The molecule has 2 heterocycles. The van der Waals surface area contributed by atoms with Crippen molar-refractivity contribution in [3.8, 4) is 0 Å². The number of carbonyl (C=O) groups excluding carboxylic acids is 1. The number of pyridine rings is 1. The molecule has 4 rings (SSSR count). The van der Waals surface area contributed by atoms with Gasteiger partial charge in [-0.15, -0.1) is 0 Å². The van der Waals surface area contributed by atoms with Crippen LogP contribution in [-0.4, -0.2) is 36.4 Å². The number of carbonyl (C=O) groups is 1. The molecule has 142 valence electrons. The molecule has 2 aliphatic rings. The van der Waals surface area contributed by atoms with E-state index < -0.39 is 0 Å². The molecule has 0 unspecified atom stereocenters. The van der Waals surface area contributed by atoms with Crippen LogP contribution in [0.3, 0.4) is 0 Å². The van der Waals surface area contributed by atoms with E-state index in [0.29, 0.717) is 12.5 Å². The van der Waals surface area contributed by atoms with Gasteiger partial charge in [-0.05, 0) is 56.4 Å². The average molecular weight is 364 g/mol. The Morgan fingerprint density at radius 3 is 2.85 bits per heavy atom. The van der Waals surface area contributed by atoms with Crippen LogP contribution in [0, 0.1) is 0 Å². The summed E-state index contributed by atoms with van der Waals surface area (Å²) in [5.74, 6) is 1.28. The van der Waals surface area contributed by atoms with Crippen molar-refractivity contribution < 1.29 is 4.79 Å². The van der Waals surface area contributed by atoms with Crippen LogP contribution in [0.4, 0.5) is 17.2 Å². The van der Waals surface area contributed by atoms with Crippen molar-refractivity contribution >= 4 is 23.0 Å². The van der Waals surface area contributed by atoms with E-state index in [-0.39, 0.29) is 5.78 Å². The normalized spacial score (nSPS) is 19.0. The maximum atomic E-state index is 11.3. The minimum Gasteiger partial charge on any atom is -0.355 e. The van der Waals surface area contributed by atoms with Crippen molar-refractivity contribution in [2.75, 3.05) is 29.9 Å². The van der Waals surface area contributed by atoms with E-state index in [1.165, 1.54) is 23.4 Å². The number of anilines is 3. The van der Waals surface area contributed by atoms with Crippen molar-refractivity contribution in [3.63, 3.8) is 0 Å². The van der Waals surface area contributed by atoms with Crippen LogP contribution in [0.15, 0.2) is 30.3 Å². The van der Waals surface area contributed by atoms with Gasteiger partial charge in [-0.2, -0.15) is 0 Å². The largest absolute Gasteiger partial charge is 0.355 e. The van der Waals surface area contributed by atoms with E-state index in [2.05, 4.69) is 40.7 Å². The first-order chi connectivity index (χ1) is 13.1. The monoisotopic (exact) mass is 364 g/mol. The first-order valence-corrected chi connectivity index (χ1v) is 9.95. The number of Topliss-reactive ketones (excluding diaryl/α,β-unsaturated/α-hetero) is 1. The molecule has 5 nitrogen and oxygen atoms in total. The van der Waals surface area contributed by atoms with Crippen LogP contribution in [-0.2, 0) is 24.1 Å². The third-order valence-electron chi connectivity index (χ3n) is 5.42. The highest BCUT2D eigenvalue weighted by molar-refractivity contribution is 5.78. The van der Waals surface area contributed by atoms with Crippen molar-refractivity contribution in [2.45, 2.75) is 45.6 Å². The smallest absolute Gasteiger partial charge is 0.134 e. The number of rotatable bonds is 5. The van der Waals surface area contributed by atoms with E-state index >= 15 is 0 Å². The highest BCUT2D eigenvalue weighted by Crippen LogP contribution is 2.33. The molecule has 2 aromatic rings. The van der Waals surface area contributed by atoms with Crippen LogP contribution in [0.1, 0.15) is 37.1 Å². The summed E-state index contributed by atoms with van der Waals surface area (Å²) in [7, 11) is 0. The Morgan fingerprint density at radius 2 is 2.11 bits per heavy atom. The molecular formula is C22H28N4O. The summed E-state index contributed by atoms with van der Waals surface area (Å²) in [6.45, 7) is 6.84. The van der Waals surface area contributed by atoms with E-state index in [4.69, 9.17) is 4.98 Å². The molecule has 1 aliphatic heterocycles. The van der Waals surface area contributed by atoms with Crippen LogP contribution in [0.25, 0.3) is 0 Å². The molecule has 1 aromatic heterocycles. The third-order valence-corrected chi connectivity index (χ3v) is 5.42. The van der Waals surface area contributed by atoms with Gasteiger partial charge in [0.25, 0.3) is 0 Å². The van der Waals surface area contributed by atoms with Gasteiger partial charge >= 0.3 is 0 Å². The van der Waals surface area contributed by atoms with Gasteiger partial charge in [-0.1, -0.05) is 12.1 Å². The summed E-state index contributed by atoms with van der Waals surface area (Å²) in [5, 5.41) is 7.11. The Bertz CT molecular complexity index is 831. The molecule has 1 atom stereocenters. The minimum absolute atomic E-state index is 0.192. The van der Waals surface area contributed by atoms with Crippen LogP contribution >= 0.6 is 0 Å². The first kappa shape index (κ1) is 18.0. The Labute approximate surface area is 161 Å². The van der Waals surface area contributed by atoms with Crippen molar-refractivity contribution in [1.82, 2.24) is 10.3 Å². The van der Waals surface area contributed by atoms with Crippen molar-refractivity contribution in [3.05, 3.63) is 47.2 Å². The Balaban J connectivity index is 1.59. The van der Waals surface area contributed by atoms with E-state index in [0.717, 1.165) is 49.5 Å². The van der Waals surface area contributed by atoms with Crippen LogP contribution in [0.5, 0.6) is 0 Å². The molecule has 1 saturated heterocycles. The zero-order valence-corrected chi connectivity index (χ0v) is 16.2. The highest BCUT2D eigenvalue weighted by Gasteiger charge is 2.22. The number of benzene rings is 1. The SMILES string of the molecule is CC(=O)Cc1ccc(Nc2cc(N3CCN[C@H](C)C3)nc3c2CCC3)cc1. The van der Waals surface area contributed by atoms with Crippen LogP contribution in [0.2, 0.25) is 0 Å². The van der Waals surface area contributed by atoms with E-state index in [1.54, 1.807) is 6.92 Å². The summed E-state index contributed by atoms with van der Waals surface area (Å²) < 4.78 is 0. The van der Waals surface area contributed by atoms with Gasteiger partial charge in [-0.3, -0.25) is 4.79 Å². The Kier molecular flexibility index (Phi) is 5.12. The summed E-state index contributed by atoms with van der Waals surface area (Å²) >= 11 is 0. The summed E-state index contributed by atoms with van der Waals surface area (Å²) in [4.78, 5) is 18.7. The molecule has 0 spiro atoms. The van der Waals surface area contributed by atoms with Gasteiger partial charge in [0.2, 0.25) is 0 Å². The lowest BCUT2D eigenvalue weighted by Crippen LogP contribution is -2.49. The summed E-state index contributed by atoms with van der Waals surface area (Å²) in [5.41, 5.74) is 5.90. The maximum absolute atomic E-state index is 11.3. The molecule has 0 bridgehead atoms. The number of aromatic nitrogens is 1. The van der Waals surface area contributed by atoms with Gasteiger partial charge in [0.1, 0.15) is 11.6 Å². The molecule has 1 aliphatic carbocycles. The fraction of sp³-hybridized carbons (Fsp3) is 0.455. The molecule has 0 saturated carbocycles. The Hall–Kier alpha value is -2.40. The lowest BCUT2D eigenvalue weighted by Gasteiger charge is -2.33. The van der Waals surface area contributed by atoms with Crippen LogP contribution < -0.4 is 15.5 Å². The first-order valence-electron chi connectivity index (χ1n) is 9.95. The molecule has 2 N–H and O–H groups in total. The predicted octanol–water partition coefficient (Wildman–Crippen LogP) is 3.24. The second-order valence-electron chi connectivity index (χ2n) is 7.81. The fourth-order valence-corrected chi connectivity index (χ4v) is 4.09. The second-order valence-corrected chi connectivity index (χ2v) is 7.81. The molecule has 27 heavy (non-hydrogen) atoms. The number of hydrogen-bond donors (Lipinski definition) is 2. The van der Waals surface area contributed by atoms with Gasteiger partial charge in [0, 0.05) is 55.2 Å². The molecule has 1 aromatic carbocycles. The number of aryl methyl sites for hydroxylation is 1. The van der Waals surface area contributed by atoms with Gasteiger partial charge in [0.15, 0.2) is 0 Å². The molecule has 0 radical (unpaired) electrons. The average Bonchev–Trinajstić information content (AvgIpc) is 3.12. The molecule has 5 heteroatoms. The number of ketones is 1. The summed E-state index contributed by atoms with van der Waals surface area (Å²) in [6, 6.07) is 10.9. The lowest BCUT2D eigenvalue weighted by atomic mass is 10.1. The molecular weight excluding hydrogens is 336 g/mol. The number of piperazine rings is 1. The van der Waals surface area contributed by atoms with Crippen molar-refractivity contribution in [2.24, 2.45) is 0 Å². The topological polar surface area (TPSA) is 57.3 Å². The van der Waals surface area contributed by atoms with E-state index in [1.807, 2.05) is 12.1 Å². The zero-order valence-electron chi connectivity index (χ0n) is 16.2. The zero-order chi connectivity index (χ0) is 18.8. The standard InChI is InChI=1S/C22H28N4O/c1-15-14-26(11-10-23-15)22-13-21(19-4-3-5-20(19)25-22)24-18-8-6-17(7-9-18)12-16(2)27/h6-9,13,15,23H,3-5,10-12,14H2,1-2H3,(H,24,25)/t15-/m1/s1. The third kappa shape index (κ3) is 4.14. The number of hydrogen-bond acceptors (Lipinski definition) is 5. The number of fused-ring (bicyclic) bond motifs is 1.